The van der Waals surface area contributed by atoms with E-state index in [1.54, 1.807) is 35.6 Å². The van der Waals surface area contributed by atoms with E-state index >= 15 is 0 Å². The van der Waals surface area contributed by atoms with Gasteiger partial charge in [-0.3, -0.25) is 9.59 Å². The Hall–Kier alpha value is -2.81. The molecule has 9 heteroatoms. The smallest absolute Gasteiger partial charge is 0.248 e. The van der Waals surface area contributed by atoms with Gasteiger partial charge in [-0.25, -0.2) is 0 Å². The highest BCUT2D eigenvalue weighted by Gasteiger charge is 2.28. The van der Waals surface area contributed by atoms with Gasteiger partial charge in [-0.1, -0.05) is 11.6 Å². The van der Waals surface area contributed by atoms with Crippen LogP contribution in [0.2, 0.25) is 5.02 Å². The van der Waals surface area contributed by atoms with E-state index in [1.807, 2.05) is 16.8 Å². The Labute approximate surface area is 197 Å². The molecule has 0 aliphatic heterocycles. The molecule has 1 N–H and O–H groups in total. The Morgan fingerprint density at radius 3 is 2.75 bits per heavy atom. The maximum atomic E-state index is 13.3. The minimum Gasteiger partial charge on any atom is -0.421 e. The Kier molecular flexibility index (Phi) is 5.91. The normalized spacial score (nSPS) is 12.7. The number of ketones is 1. The van der Waals surface area contributed by atoms with Crippen molar-refractivity contribution < 1.29 is 14.0 Å². The standard InChI is InChI=1S/C23H18ClN3O3S2/c24-15-6-4-13(5-7-15)21(29)20-16-2-1-3-17(16)32-23(20)25-18(28)8-9-19-26-27-22(30-19)14-10-11-31-12-14/h4-7,10-12H,1-3,8-9H2,(H,25,28). The largest absolute Gasteiger partial charge is 0.421 e. The molecule has 5 rings (SSSR count). The van der Waals surface area contributed by atoms with Gasteiger partial charge in [0.2, 0.25) is 17.7 Å². The first-order valence-electron chi connectivity index (χ1n) is 10.2. The van der Waals surface area contributed by atoms with Crippen LogP contribution in [0.25, 0.3) is 11.5 Å². The number of hydrogen-bond acceptors (Lipinski definition) is 7. The lowest BCUT2D eigenvalue weighted by Gasteiger charge is -2.08. The summed E-state index contributed by atoms with van der Waals surface area (Å²) in [6.07, 6.45) is 3.32. The van der Waals surface area contributed by atoms with Crippen LogP contribution in [0.3, 0.4) is 0 Å². The van der Waals surface area contributed by atoms with E-state index in [2.05, 4.69) is 15.5 Å². The van der Waals surface area contributed by atoms with Crippen molar-refractivity contribution in [1.82, 2.24) is 10.2 Å². The summed E-state index contributed by atoms with van der Waals surface area (Å²) in [6.45, 7) is 0. The summed E-state index contributed by atoms with van der Waals surface area (Å²) in [7, 11) is 0. The highest BCUT2D eigenvalue weighted by Crippen LogP contribution is 2.40. The predicted octanol–water partition coefficient (Wildman–Crippen LogP) is 5.80. The van der Waals surface area contributed by atoms with Crippen molar-refractivity contribution in [2.45, 2.75) is 32.1 Å². The van der Waals surface area contributed by atoms with Crippen molar-refractivity contribution in [3.05, 3.63) is 73.6 Å². The predicted molar refractivity (Wildman–Crippen MR) is 126 cm³/mol. The van der Waals surface area contributed by atoms with E-state index in [9.17, 15) is 9.59 Å². The van der Waals surface area contributed by atoms with Gasteiger partial charge in [-0.15, -0.1) is 21.5 Å². The number of nitrogens with zero attached hydrogens (tertiary/aromatic N) is 2. The summed E-state index contributed by atoms with van der Waals surface area (Å²) >= 11 is 9.02. The fourth-order valence-electron chi connectivity index (χ4n) is 3.75. The Morgan fingerprint density at radius 1 is 1.12 bits per heavy atom. The van der Waals surface area contributed by atoms with Crippen LogP contribution in [0.15, 0.2) is 45.5 Å². The molecule has 0 spiro atoms. The summed E-state index contributed by atoms with van der Waals surface area (Å²) in [5.74, 6) is 0.582. The molecule has 1 amide bonds. The van der Waals surface area contributed by atoms with Gasteiger partial charge in [-0.05, 0) is 60.5 Å². The number of anilines is 1. The third-order valence-electron chi connectivity index (χ3n) is 5.31. The van der Waals surface area contributed by atoms with E-state index in [4.69, 9.17) is 16.0 Å². The zero-order valence-electron chi connectivity index (χ0n) is 16.9. The molecule has 3 heterocycles. The van der Waals surface area contributed by atoms with E-state index in [0.717, 1.165) is 30.4 Å². The SMILES string of the molecule is O=C(CCc1nnc(-c2ccsc2)o1)Nc1sc2c(c1C(=O)c1ccc(Cl)cc1)CCC2. The number of halogens is 1. The lowest BCUT2D eigenvalue weighted by molar-refractivity contribution is -0.116. The van der Waals surface area contributed by atoms with Gasteiger partial charge in [-0.2, -0.15) is 11.3 Å². The molecule has 0 saturated heterocycles. The Morgan fingerprint density at radius 2 is 1.97 bits per heavy atom. The Bertz CT molecular complexity index is 1280. The van der Waals surface area contributed by atoms with Crippen molar-refractivity contribution in [2.75, 3.05) is 5.32 Å². The van der Waals surface area contributed by atoms with Crippen LogP contribution in [0.1, 0.15) is 45.1 Å². The van der Waals surface area contributed by atoms with Gasteiger partial charge in [0, 0.05) is 39.2 Å². The quantitative estimate of drug-likeness (QED) is 0.335. The molecule has 0 unspecified atom stereocenters. The van der Waals surface area contributed by atoms with Crippen molar-refractivity contribution in [2.24, 2.45) is 0 Å². The van der Waals surface area contributed by atoms with Crippen LogP contribution in [0.5, 0.6) is 0 Å². The topological polar surface area (TPSA) is 85.1 Å². The molecular formula is C23H18ClN3O3S2. The van der Waals surface area contributed by atoms with Gasteiger partial charge in [0.05, 0.1) is 5.56 Å². The minimum absolute atomic E-state index is 0.0892. The number of benzene rings is 1. The molecular weight excluding hydrogens is 466 g/mol. The molecule has 0 saturated carbocycles. The van der Waals surface area contributed by atoms with Crippen molar-refractivity contribution in [1.29, 1.82) is 0 Å². The second-order valence-corrected chi connectivity index (χ2v) is 9.78. The van der Waals surface area contributed by atoms with Crippen molar-refractivity contribution >= 4 is 51.0 Å². The second kappa shape index (κ2) is 8.97. The molecule has 3 aromatic heterocycles. The Balaban J connectivity index is 1.30. The summed E-state index contributed by atoms with van der Waals surface area (Å²) in [5, 5.41) is 16.1. The third kappa shape index (κ3) is 4.26. The first kappa shape index (κ1) is 21.1. The molecule has 1 aliphatic carbocycles. The van der Waals surface area contributed by atoms with Crippen LogP contribution < -0.4 is 5.32 Å². The number of carbonyl (C=O) groups is 2. The minimum atomic E-state index is -0.189. The average molecular weight is 484 g/mol. The molecule has 1 aliphatic rings. The molecule has 32 heavy (non-hydrogen) atoms. The van der Waals surface area contributed by atoms with E-state index in [0.29, 0.717) is 39.4 Å². The summed E-state index contributed by atoms with van der Waals surface area (Å²) < 4.78 is 5.65. The number of nitrogens with one attached hydrogen (secondary N) is 1. The van der Waals surface area contributed by atoms with Crippen LogP contribution in [-0.2, 0) is 24.1 Å². The van der Waals surface area contributed by atoms with E-state index in [1.165, 1.54) is 16.2 Å². The number of aromatic nitrogens is 2. The van der Waals surface area contributed by atoms with Crippen LogP contribution in [0.4, 0.5) is 5.00 Å². The van der Waals surface area contributed by atoms with Gasteiger partial charge in [0.1, 0.15) is 5.00 Å². The monoisotopic (exact) mass is 483 g/mol. The molecule has 0 radical (unpaired) electrons. The molecule has 4 aromatic rings. The molecule has 162 valence electrons. The first-order valence-corrected chi connectivity index (χ1v) is 12.3. The maximum absolute atomic E-state index is 13.3. The number of amides is 1. The zero-order valence-corrected chi connectivity index (χ0v) is 19.3. The second-order valence-electron chi connectivity index (χ2n) is 7.46. The number of rotatable bonds is 7. The number of carbonyl (C=O) groups excluding carboxylic acids is 2. The molecule has 1 aromatic carbocycles. The van der Waals surface area contributed by atoms with E-state index in [-0.39, 0.29) is 18.1 Å². The van der Waals surface area contributed by atoms with Crippen molar-refractivity contribution in [3.8, 4) is 11.5 Å². The van der Waals surface area contributed by atoms with Gasteiger partial charge in [0.25, 0.3) is 0 Å². The molecule has 0 fully saturated rings. The molecule has 0 atom stereocenters. The first-order chi connectivity index (χ1) is 15.6. The fraction of sp³-hybridized carbons (Fsp3) is 0.217. The lowest BCUT2D eigenvalue weighted by Crippen LogP contribution is -2.15. The molecule has 6 nitrogen and oxygen atoms in total. The van der Waals surface area contributed by atoms with E-state index < -0.39 is 0 Å². The number of hydrogen-bond donors (Lipinski definition) is 1. The highest BCUT2D eigenvalue weighted by molar-refractivity contribution is 7.17. The van der Waals surface area contributed by atoms with Gasteiger partial charge < -0.3 is 9.73 Å². The van der Waals surface area contributed by atoms with Crippen molar-refractivity contribution in [3.63, 3.8) is 0 Å². The van der Waals surface area contributed by atoms with Gasteiger partial charge in [0.15, 0.2) is 5.78 Å². The van der Waals surface area contributed by atoms with Crippen LogP contribution in [0, 0.1) is 0 Å². The maximum Gasteiger partial charge on any atom is 0.248 e. The van der Waals surface area contributed by atoms with Crippen LogP contribution >= 0.6 is 34.3 Å². The molecule has 0 bridgehead atoms. The lowest BCUT2D eigenvalue weighted by atomic mass is 10.0. The summed E-state index contributed by atoms with van der Waals surface area (Å²) in [4.78, 5) is 27.1. The highest BCUT2D eigenvalue weighted by atomic mass is 35.5. The number of thiophene rings is 2. The number of aryl methyl sites for hydroxylation is 2. The summed E-state index contributed by atoms with van der Waals surface area (Å²) in [6, 6.07) is 8.75. The summed E-state index contributed by atoms with van der Waals surface area (Å²) in [5.41, 5.74) is 3.10. The van der Waals surface area contributed by atoms with Gasteiger partial charge >= 0.3 is 0 Å². The average Bonchev–Trinajstić information content (AvgIpc) is 3.56. The zero-order chi connectivity index (χ0) is 22.1. The third-order valence-corrected chi connectivity index (χ3v) is 7.45. The fourth-order valence-corrected chi connectivity index (χ4v) is 5.80. The number of fused-ring (bicyclic) bond motifs is 1. The van der Waals surface area contributed by atoms with Crippen LogP contribution in [-0.4, -0.2) is 21.9 Å².